The van der Waals surface area contributed by atoms with Crippen molar-refractivity contribution < 1.29 is 19.4 Å². The number of amides is 3. The fourth-order valence-corrected chi connectivity index (χ4v) is 7.17. The van der Waals surface area contributed by atoms with E-state index in [2.05, 4.69) is 16.0 Å². The van der Waals surface area contributed by atoms with Gasteiger partial charge in [-0.2, -0.15) is 0 Å². The number of para-hydroxylation sites is 1. The molecule has 3 heterocycles. The van der Waals surface area contributed by atoms with E-state index in [1.165, 1.54) is 11.8 Å². The monoisotopic (exact) mass is 506 g/mol. The minimum absolute atomic E-state index is 0.000564. The summed E-state index contributed by atoms with van der Waals surface area (Å²) in [7, 11) is 0. The molecule has 0 bridgehead atoms. The standard InChI is InChI=1S/C27H30N4O4S/c32-18-6-4-5-16(15-18)29-25(33)24-23-22-21(13-14-28-26(22)36-24)31(27(34)30-23)17-9-11-20(12-10-17)35-19-7-2-1-3-8-19/h1-3,7-12,16,18,21-22,26,28,32H,4-6,13-15H2,(H,29,33)(H,30,34)/t16-,18+,21?,22?,26?/m0/s1. The average Bonchev–Trinajstić information content (AvgIpc) is 3.25. The van der Waals surface area contributed by atoms with Crippen molar-refractivity contribution in [2.45, 2.75) is 55.7 Å². The quantitative estimate of drug-likeness (QED) is 0.493. The second-order valence-corrected chi connectivity index (χ2v) is 11.0. The Bertz CT molecular complexity index is 1170. The molecule has 6 rings (SSSR count). The van der Waals surface area contributed by atoms with Crippen molar-refractivity contribution in [2.24, 2.45) is 5.92 Å². The van der Waals surface area contributed by atoms with Crippen LogP contribution in [0.2, 0.25) is 0 Å². The second-order valence-electron chi connectivity index (χ2n) is 9.82. The zero-order chi connectivity index (χ0) is 24.6. The largest absolute Gasteiger partial charge is 0.457 e. The number of nitrogens with one attached hydrogen (secondary N) is 3. The summed E-state index contributed by atoms with van der Waals surface area (Å²) in [5.41, 5.74) is 1.53. The summed E-state index contributed by atoms with van der Waals surface area (Å²) in [5.74, 6) is 1.31. The van der Waals surface area contributed by atoms with Crippen molar-refractivity contribution in [3.8, 4) is 11.5 Å². The van der Waals surface area contributed by atoms with Gasteiger partial charge in [-0.1, -0.05) is 30.0 Å². The molecule has 5 atom stereocenters. The molecule has 188 valence electrons. The van der Waals surface area contributed by atoms with Crippen LogP contribution >= 0.6 is 11.8 Å². The van der Waals surface area contributed by atoms with Gasteiger partial charge in [-0.05, 0) is 75.0 Å². The number of piperidine rings is 1. The molecule has 0 spiro atoms. The number of rotatable bonds is 5. The zero-order valence-corrected chi connectivity index (χ0v) is 20.7. The lowest BCUT2D eigenvalue weighted by molar-refractivity contribution is -0.118. The summed E-state index contributed by atoms with van der Waals surface area (Å²) < 4.78 is 5.91. The van der Waals surface area contributed by atoms with Crippen LogP contribution in [0.4, 0.5) is 10.5 Å². The molecule has 0 aromatic heterocycles. The number of thioether (sulfide) groups is 1. The fraction of sp³-hybridized carbons (Fsp3) is 0.407. The first-order chi connectivity index (χ1) is 17.6. The van der Waals surface area contributed by atoms with Crippen molar-refractivity contribution in [2.75, 3.05) is 11.4 Å². The molecule has 2 aromatic carbocycles. The van der Waals surface area contributed by atoms with Crippen molar-refractivity contribution in [3.63, 3.8) is 0 Å². The number of benzene rings is 2. The first-order valence-electron chi connectivity index (χ1n) is 12.6. The number of aliphatic hydroxyl groups excluding tert-OH is 1. The third-order valence-electron chi connectivity index (χ3n) is 7.42. The van der Waals surface area contributed by atoms with E-state index in [0.29, 0.717) is 17.1 Å². The van der Waals surface area contributed by atoms with E-state index in [1.807, 2.05) is 59.5 Å². The van der Waals surface area contributed by atoms with Crippen LogP contribution < -0.4 is 25.6 Å². The van der Waals surface area contributed by atoms with Gasteiger partial charge in [-0.3, -0.25) is 9.69 Å². The molecule has 3 amide bonds. The summed E-state index contributed by atoms with van der Waals surface area (Å²) in [6.07, 6.45) is 3.57. The van der Waals surface area contributed by atoms with E-state index >= 15 is 0 Å². The van der Waals surface area contributed by atoms with Gasteiger partial charge in [-0.25, -0.2) is 4.79 Å². The number of anilines is 1. The van der Waals surface area contributed by atoms with Crippen molar-refractivity contribution in [1.29, 1.82) is 0 Å². The highest BCUT2D eigenvalue weighted by atomic mass is 32.2. The Kier molecular flexibility index (Phi) is 6.37. The van der Waals surface area contributed by atoms with Gasteiger partial charge in [0.1, 0.15) is 11.5 Å². The van der Waals surface area contributed by atoms with Gasteiger partial charge in [0.2, 0.25) is 0 Å². The number of ether oxygens (including phenoxy) is 1. The number of nitrogens with zero attached hydrogens (tertiary/aromatic N) is 1. The number of hydrogen-bond donors (Lipinski definition) is 4. The van der Waals surface area contributed by atoms with E-state index < -0.39 is 0 Å². The van der Waals surface area contributed by atoms with E-state index in [-0.39, 0.29) is 41.4 Å². The Morgan fingerprint density at radius 3 is 2.61 bits per heavy atom. The zero-order valence-electron chi connectivity index (χ0n) is 19.9. The van der Waals surface area contributed by atoms with Gasteiger partial charge in [0.05, 0.1) is 22.4 Å². The molecule has 3 fully saturated rings. The number of hydrogen-bond acceptors (Lipinski definition) is 6. The average molecular weight is 507 g/mol. The third-order valence-corrected chi connectivity index (χ3v) is 8.78. The summed E-state index contributed by atoms with van der Waals surface area (Å²) in [6, 6.07) is 16.9. The van der Waals surface area contributed by atoms with Gasteiger partial charge >= 0.3 is 6.03 Å². The van der Waals surface area contributed by atoms with Gasteiger partial charge in [0.25, 0.3) is 5.91 Å². The molecule has 36 heavy (non-hydrogen) atoms. The Labute approximate surface area is 214 Å². The molecule has 2 saturated heterocycles. The predicted molar refractivity (Wildman–Crippen MR) is 139 cm³/mol. The van der Waals surface area contributed by atoms with E-state index in [1.54, 1.807) is 0 Å². The molecule has 4 aliphatic rings. The molecule has 2 aromatic rings. The van der Waals surface area contributed by atoms with Gasteiger partial charge in [0.15, 0.2) is 0 Å². The van der Waals surface area contributed by atoms with Crippen LogP contribution in [0.1, 0.15) is 32.1 Å². The Hall–Kier alpha value is -3.01. The maximum absolute atomic E-state index is 13.4. The lowest BCUT2D eigenvalue weighted by Crippen LogP contribution is -2.62. The van der Waals surface area contributed by atoms with Crippen LogP contribution in [0, 0.1) is 5.92 Å². The Morgan fingerprint density at radius 1 is 1.06 bits per heavy atom. The van der Waals surface area contributed by atoms with Crippen LogP contribution in [0.3, 0.4) is 0 Å². The molecule has 4 N–H and O–H groups in total. The molecular formula is C27H30N4O4S. The molecule has 1 saturated carbocycles. The van der Waals surface area contributed by atoms with Crippen LogP contribution in [0.15, 0.2) is 65.2 Å². The van der Waals surface area contributed by atoms with Gasteiger partial charge in [-0.15, -0.1) is 0 Å². The number of aliphatic hydroxyl groups is 1. The first-order valence-corrected chi connectivity index (χ1v) is 13.5. The Morgan fingerprint density at radius 2 is 1.83 bits per heavy atom. The first kappa shape index (κ1) is 23.4. The highest BCUT2D eigenvalue weighted by Crippen LogP contribution is 2.48. The van der Waals surface area contributed by atoms with E-state index in [0.717, 1.165) is 49.4 Å². The molecule has 1 aliphatic carbocycles. The maximum atomic E-state index is 13.4. The molecule has 8 nitrogen and oxygen atoms in total. The van der Waals surface area contributed by atoms with Gasteiger partial charge in [0, 0.05) is 23.3 Å². The summed E-state index contributed by atoms with van der Waals surface area (Å²) in [4.78, 5) is 29.0. The predicted octanol–water partition coefficient (Wildman–Crippen LogP) is 3.69. The summed E-state index contributed by atoms with van der Waals surface area (Å²) in [5, 5.41) is 19.7. The van der Waals surface area contributed by atoms with Crippen LogP contribution in [-0.4, -0.2) is 47.2 Å². The lowest BCUT2D eigenvalue weighted by Gasteiger charge is -2.45. The minimum Gasteiger partial charge on any atom is -0.457 e. The highest BCUT2D eigenvalue weighted by molar-refractivity contribution is 8.04. The second kappa shape index (κ2) is 9.80. The molecule has 3 unspecified atom stereocenters. The smallest absolute Gasteiger partial charge is 0.326 e. The topological polar surface area (TPSA) is 103 Å². The fourth-order valence-electron chi connectivity index (χ4n) is 5.77. The van der Waals surface area contributed by atoms with Crippen LogP contribution in [0.25, 0.3) is 0 Å². The molecule has 3 aliphatic heterocycles. The number of urea groups is 1. The third kappa shape index (κ3) is 4.47. The van der Waals surface area contributed by atoms with Crippen molar-refractivity contribution in [1.82, 2.24) is 16.0 Å². The SMILES string of the molecule is O=C(N[C@H]1CCC[C@@H](O)C1)C1=C2NC(=O)N(c3ccc(Oc4ccccc4)cc3)C3CCNC(S1)C23. The molecule has 9 heteroatoms. The normalized spacial score (nSPS) is 29.4. The van der Waals surface area contributed by atoms with Gasteiger partial charge < -0.3 is 25.8 Å². The minimum atomic E-state index is -0.362. The lowest BCUT2D eigenvalue weighted by atomic mass is 9.86. The van der Waals surface area contributed by atoms with E-state index in [9.17, 15) is 14.7 Å². The molecule has 0 radical (unpaired) electrons. The maximum Gasteiger partial charge on any atom is 0.326 e. The number of carbonyl (C=O) groups excluding carboxylic acids is 2. The van der Waals surface area contributed by atoms with Crippen molar-refractivity contribution >= 4 is 29.4 Å². The summed E-state index contributed by atoms with van der Waals surface area (Å²) >= 11 is 1.50. The Balaban J connectivity index is 1.22. The van der Waals surface area contributed by atoms with E-state index in [4.69, 9.17) is 4.74 Å². The molecular weight excluding hydrogens is 476 g/mol. The summed E-state index contributed by atoms with van der Waals surface area (Å²) in [6.45, 7) is 0.773. The van der Waals surface area contributed by atoms with Crippen LogP contribution in [0.5, 0.6) is 11.5 Å². The number of carbonyl (C=O) groups is 2. The van der Waals surface area contributed by atoms with Crippen LogP contribution in [-0.2, 0) is 4.79 Å². The highest BCUT2D eigenvalue weighted by Gasteiger charge is 2.51. The van der Waals surface area contributed by atoms with Crippen molar-refractivity contribution in [3.05, 3.63) is 65.2 Å².